The number of benzene rings is 1. The van der Waals surface area contributed by atoms with E-state index in [0.717, 1.165) is 5.56 Å². The van der Waals surface area contributed by atoms with Crippen LogP contribution in [0.3, 0.4) is 0 Å². The predicted octanol–water partition coefficient (Wildman–Crippen LogP) is 3.45. The van der Waals surface area contributed by atoms with Crippen molar-refractivity contribution in [1.29, 1.82) is 0 Å². The first-order valence-electron chi connectivity index (χ1n) is 6.26. The van der Waals surface area contributed by atoms with Crippen molar-refractivity contribution in [2.75, 3.05) is 6.61 Å². The molecule has 0 aliphatic carbocycles. The molecule has 4 nitrogen and oxygen atoms in total. The number of hydrogen-bond acceptors (Lipinski definition) is 4. The number of carbonyl (C=O) groups is 2. The van der Waals surface area contributed by atoms with E-state index in [1.54, 1.807) is 24.3 Å². The molecule has 0 unspecified atom stereocenters. The molecule has 0 aromatic heterocycles. The van der Waals surface area contributed by atoms with Gasteiger partial charge in [0.05, 0.1) is 19.4 Å². The lowest BCUT2D eigenvalue weighted by Crippen LogP contribution is -2.12. The molecule has 0 saturated carbocycles. The molecule has 0 N–H and O–H groups in total. The third-order valence-corrected chi connectivity index (χ3v) is 2.90. The first-order valence-corrected chi connectivity index (χ1v) is 6.64. The molecule has 1 rings (SSSR count). The van der Waals surface area contributed by atoms with Crippen molar-refractivity contribution < 1.29 is 19.1 Å². The van der Waals surface area contributed by atoms with Gasteiger partial charge in [0.2, 0.25) is 0 Å². The second-order valence-electron chi connectivity index (χ2n) is 4.18. The molecule has 108 valence electrons. The summed E-state index contributed by atoms with van der Waals surface area (Å²) < 4.78 is 9.99. The molecule has 0 aliphatic heterocycles. The number of hydrogen-bond donors (Lipinski definition) is 0. The molecule has 0 bridgehead atoms. The number of carbonyl (C=O) groups excluding carboxylic acids is 2. The summed E-state index contributed by atoms with van der Waals surface area (Å²) in [6.07, 6.45) is 2.24. The second kappa shape index (κ2) is 8.38. The minimum absolute atomic E-state index is 0.00253. The smallest absolute Gasteiger partial charge is 0.311 e. The van der Waals surface area contributed by atoms with Crippen LogP contribution in [0, 0.1) is 6.92 Å². The summed E-state index contributed by atoms with van der Waals surface area (Å²) in [6, 6.07) is 4.93. The third kappa shape index (κ3) is 5.89. The summed E-state index contributed by atoms with van der Waals surface area (Å²) in [5, 5.41) is 0.607. The molecular weight excluding hydrogens is 280 g/mol. The van der Waals surface area contributed by atoms with Gasteiger partial charge in [-0.3, -0.25) is 9.59 Å². The maximum absolute atomic E-state index is 11.6. The van der Waals surface area contributed by atoms with E-state index in [0.29, 0.717) is 17.2 Å². The fourth-order valence-corrected chi connectivity index (χ4v) is 1.51. The van der Waals surface area contributed by atoms with E-state index < -0.39 is 11.9 Å². The van der Waals surface area contributed by atoms with Crippen LogP contribution in [0.15, 0.2) is 30.9 Å². The first kappa shape index (κ1) is 16.2. The van der Waals surface area contributed by atoms with Gasteiger partial charge in [0, 0.05) is 5.02 Å². The van der Waals surface area contributed by atoms with Crippen molar-refractivity contribution in [1.82, 2.24) is 0 Å². The highest BCUT2D eigenvalue weighted by Crippen LogP contribution is 2.21. The molecule has 0 radical (unpaired) electrons. The standard InChI is InChI=1S/C15H17ClO4/c1-3-4-9-19-14(17)7-8-15(18)20-12-5-6-13(16)11(2)10-12/h3,5-6,10H,1,4,7-9H2,2H3. The van der Waals surface area contributed by atoms with Crippen LogP contribution in [0.2, 0.25) is 5.02 Å². The molecule has 0 atom stereocenters. The zero-order chi connectivity index (χ0) is 15.0. The molecule has 1 aromatic carbocycles. The highest BCUT2D eigenvalue weighted by atomic mass is 35.5. The van der Waals surface area contributed by atoms with Gasteiger partial charge in [0.1, 0.15) is 5.75 Å². The van der Waals surface area contributed by atoms with Gasteiger partial charge in [0.25, 0.3) is 0 Å². The summed E-state index contributed by atoms with van der Waals surface area (Å²) in [5.41, 5.74) is 0.820. The highest BCUT2D eigenvalue weighted by Gasteiger charge is 2.10. The topological polar surface area (TPSA) is 52.6 Å². The number of ether oxygens (including phenoxy) is 2. The molecule has 5 heteroatoms. The van der Waals surface area contributed by atoms with Crippen LogP contribution in [-0.4, -0.2) is 18.5 Å². The number of aryl methyl sites for hydroxylation is 1. The average molecular weight is 297 g/mol. The summed E-state index contributed by atoms with van der Waals surface area (Å²) in [6.45, 7) is 5.62. The lowest BCUT2D eigenvalue weighted by Gasteiger charge is -2.06. The van der Waals surface area contributed by atoms with E-state index >= 15 is 0 Å². The van der Waals surface area contributed by atoms with Gasteiger partial charge in [-0.1, -0.05) is 17.7 Å². The van der Waals surface area contributed by atoms with Crippen LogP contribution in [0.5, 0.6) is 5.75 Å². The normalized spacial score (nSPS) is 9.90. The lowest BCUT2D eigenvalue weighted by molar-refractivity contribution is -0.146. The average Bonchev–Trinajstić information content (AvgIpc) is 2.41. The first-order chi connectivity index (χ1) is 9.52. The Morgan fingerprint density at radius 2 is 2.00 bits per heavy atom. The van der Waals surface area contributed by atoms with Crippen molar-refractivity contribution in [3.63, 3.8) is 0 Å². The van der Waals surface area contributed by atoms with Crippen molar-refractivity contribution in [2.24, 2.45) is 0 Å². The van der Waals surface area contributed by atoms with Crippen molar-refractivity contribution in [2.45, 2.75) is 26.2 Å². The number of esters is 2. The van der Waals surface area contributed by atoms with Crippen LogP contribution in [-0.2, 0) is 14.3 Å². The molecule has 0 spiro atoms. The van der Waals surface area contributed by atoms with E-state index in [4.69, 9.17) is 21.1 Å². The Morgan fingerprint density at radius 1 is 1.30 bits per heavy atom. The number of rotatable bonds is 7. The fourth-order valence-electron chi connectivity index (χ4n) is 1.40. The summed E-state index contributed by atoms with van der Waals surface area (Å²) in [4.78, 5) is 22.9. The second-order valence-corrected chi connectivity index (χ2v) is 4.59. The lowest BCUT2D eigenvalue weighted by atomic mass is 10.2. The van der Waals surface area contributed by atoms with E-state index in [1.165, 1.54) is 0 Å². The van der Waals surface area contributed by atoms with E-state index in [2.05, 4.69) is 6.58 Å². The fraction of sp³-hybridized carbons (Fsp3) is 0.333. The van der Waals surface area contributed by atoms with Gasteiger partial charge < -0.3 is 9.47 Å². The Bertz CT molecular complexity index is 497. The summed E-state index contributed by atoms with van der Waals surface area (Å²) in [7, 11) is 0. The maximum atomic E-state index is 11.6. The Morgan fingerprint density at radius 3 is 2.65 bits per heavy atom. The van der Waals surface area contributed by atoms with Crippen molar-refractivity contribution >= 4 is 23.5 Å². The van der Waals surface area contributed by atoms with Crippen LogP contribution < -0.4 is 4.74 Å². The van der Waals surface area contributed by atoms with Gasteiger partial charge in [-0.2, -0.15) is 0 Å². The van der Waals surface area contributed by atoms with Crippen molar-refractivity contribution in [3.8, 4) is 5.75 Å². The van der Waals surface area contributed by atoms with Crippen LogP contribution >= 0.6 is 11.6 Å². The van der Waals surface area contributed by atoms with E-state index in [1.807, 2.05) is 6.92 Å². The van der Waals surface area contributed by atoms with Gasteiger partial charge in [-0.05, 0) is 37.1 Å². The van der Waals surface area contributed by atoms with Crippen LogP contribution in [0.1, 0.15) is 24.8 Å². The molecule has 20 heavy (non-hydrogen) atoms. The molecule has 0 heterocycles. The molecule has 0 aliphatic rings. The minimum atomic E-state index is -0.479. The zero-order valence-corrected chi connectivity index (χ0v) is 12.1. The Kier molecular flexibility index (Phi) is 6.81. The van der Waals surface area contributed by atoms with Gasteiger partial charge in [0.15, 0.2) is 0 Å². The largest absolute Gasteiger partial charge is 0.465 e. The molecular formula is C15H17ClO4. The quantitative estimate of drug-likeness (QED) is 0.335. The predicted molar refractivity (Wildman–Crippen MR) is 76.8 cm³/mol. The SMILES string of the molecule is C=CCCOC(=O)CCC(=O)Oc1ccc(Cl)c(C)c1. The van der Waals surface area contributed by atoms with Gasteiger partial charge in [-0.15, -0.1) is 6.58 Å². The Labute approximate surface area is 123 Å². The van der Waals surface area contributed by atoms with Gasteiger partial charge in [-0.25, -0.2) is 0 Å². The molecule has 0 saturated heterocycles. The van der Waals surface area contributed by atoms with Crippen LogP contribution in [0.4, 0.5) is 0 Å². The third-order valence-electron chi connectivity index (χ3n) is 2.48. The van der Waals surface area contributed by atoms with Gasteiger partial charge >= 0.3 is 11.9 Å². The molecule has 0 fully saturated rings. The monoisotopic (exact) mass is 296 g/mol. The zero-order valence-electron chi connectivity index (χ0n) is 11.4. The van der Waals surface area contributed by atoms with Crippen LogP contribution in [0.25, 0.3) is 0 Å². The molecule has 1 aromatic rings. The van der Waals surface area contributed by atoms with E-state index in [9.17, 15) is 9.59 Å². The summed E-state index contributed by atoms with van der Waals surface area (Å²) in [5.74, 6) is -0.486. The Balaban J connectivity index is 2.34. The Hall–Kier alpha value is -1.81. The summed E-state index contributed by atoms with van der Waals surface area (Å²) >= 11 is 5.87. The minimum Gasteiger partial charge on any atom is -0.465 e. The number of halogens is 1. The molecule has 0 amide bonds. The maximum Gasteiger partial charge on any atom is 0.311 e. The highest BCUT2D eigenvalue weighted by molar-refractivity contribution is 6.31. The van der Waals surface area contributed by atoms with E-state index in [-0.39, 0.29) is 19.4 Å². The van der Waals surface area contributed by atoms with Crippen molar-refractivity contribution in [3.05, 3.63) is 41.4 Å².